The van der Waals surface area contributed by atoms with Crippen molar-refractivity contribution in [2.45, 2.75) is 36.6 Å². The number of fused-ring (bicyclic) bond motifs is 1. The molecule has 1 N–H and O–H groups in total. The zero-order chi connectivity index (χ0) is 12.4. The Morgan fingerprint density at radius 2 is 1.72 bits per heavy atom. The molecule has 1 aliphatic carbocycles. The van der Waals surface area contributed by atoms with Crippen LogP contribution in [0.5, 0.6) is 0 Å². The van der Waals surface area contributed by atoms with Crippen LogP contribution in [0.2, 0.25) is 4.82 Å². The van der Waals surface area contributed by atoms with Crippen molar-refractivity contribution >= 4 is 30.2 Å². The van der Waals surface area contributed by atoms with Crippen molar-refractivity contribution in [3.63, 3.8) is 0 Å². The summed E-state index contributed by atoms with van der Waals surface area (Å²) in [5.74, 6) is 0. The molecule has 1 saturated carbocycles. The standard InChI is InChI=1S/C16H18OSe/c17-14-9-3-4-10-16(14)18-15-11-5-7-12-6-1-2-8-13(12)15/h1-2,5-8,11,14,16-17H,3-4,9-10H2/t14-,16-/m0/s1. The zero-order valence-corrected chi connectivity index (χ0v) is 12.1. The van der Waals surface area contributed by atoms with Crippen molar-refractivity contribution in [1.82, 2.24) is 0 Å². The average molecular weight is 305 g/mol. The van der Waals surface area contributed by atoms with Gasteiger partial charge in [-0.3, -0.25) is 0 Å². The molecule has 1 nitrogen and oxygen atoms in total. The van der Waals surface area contributed by atoms with Gasteiger partial charge in [0.1, 0.15) is 0 Å². The normalized spacial score (nSPS) is 24.3. The van der Waals surface area contributed by atoms with Crippen LogP contribution >= 0.6 is 0 Å². The Bertz CT molecular complexity index is 532. The van der Waals surface area contributed by atoms with Crippen LogP contribution in [-0.2, 0) is 0 Å². The average Bonchev–Trinajstić information content (AvgIpc) is 2.42. The van der Waals surface area contributed by atoms with E-state index in [1.54, 1.807) is 0 Å². The van der Waals surface area contributed by atoms with Crippen molar-refractivity contribution in [2.75, 3.05) is 0 Å². The molecule has 0 aromatic heterocycles. The van der Waals surface area contributed by atoms with Gasteiger partial charge in [0.15, 0.2) is 0 Å². The maximum atomic E-state index is 10.1. The van der Waals surface area contributed by atoms with Crippen LogP contribution in [0.25, 0.3) is 10.8 Å². The number of rotatable bonds is 2. The summed E-state index contributed by atoms with van der Waals surface area (Å²) in [4.78, 5) is 0.511. The van der Waals surface area contributed by atoms with Gasteiger partial charge in [-0.1, -0.05) is 0 Å². The molecule has 0 bridgehead atoms. The molecule has 0 saturated heterocycles. The van der Waals surface area contributed by atoms with E-state index in [1.807, 2.05) is 0 Å². The van der Waals surface area contributed by atoms with Gasteiger partial charge in [0.25, 0.3) is 0 Å². The molecular formula is C16H18OSe. The predicted molar refractivity (Wildman–Crippen MR) is 77.6 cm³/mol. The van der Waals surface area contributed by atoms with Crippen molar-refractivity contribution in [3.8, 4) is 0 Å². The fourth-order valence-corrected chi connectivity index (χ4v) is 5.56. The van der Waals surface area contributed by atoms with Crippen LogP contribution in [0.4, 0.5) is 0 Å². The van der Waals surface area contributed by atoms with Gasteiger partial charge in [0.05, 0.1) is 0 Å². The van der Waals surface area contributed by atoms with Gasteiger partial charge in [-0.05, 0) is 0 Å². The van der Waals surface area contributed by atoms with E-state index in [0.29, 0.717) is 19.8 Å². The van der Waals surface area contributed by atoms with E-state index in [1.165, 1.54) is 34.5 Å². The van der Waals surface area contributed by atoms with E-state index < -0.39 is 0 Å². The molecule has 1 aliphatic rings. The summed E-state index contributed by atoms with van der Waals surface area (Å²) in [5.41, 5.74) is 0. The molecule has 0 aliphatic heterocycles. The van der Waals surface area contributed by atoms with Crippen LogP contribution in [0.15, 0.2) is 42.5 Å². The van der Waals surface area contributed by atoms with Crippen molar-refractivity contribution in [3.05, 3.63) is 42.5 Å². The van der Waals surface area contributed by atoms with Gasteiger partial charge in [-0.25, -0.2) is 0 Å². The quantitative estimate of drug-likeness (QED) is 0.846. The minimum absolute atomic E-state index is 0.0716. The first-order valence-corrected chi connectivity index (χ1v) is 8.51. The minimum atomic E-state index is -0.0716. The summed E-state index contributed by atoms with van der Waals surface area (Å²) in [6.45, 7) is 0. The van der Waals surface area contributed by atoms with E-state index in [-0.39, 0.29) is 6.10 Å². The third-order valence-electron chi connectivity index (χ3n) is 3.70. The summed E-state index contributed by atoms with van der Waals surface area (Å²) < 4.78 is 1.45. The maximum absolute atomic E-state index is 10.1. The van der Waals surface area contributed by atoms with E-state index in [0.717, 1.165) is 6.42 Å². The van der Waals surface area contributed by atoms with Gasteiger partial charge in [-0.15, -0.1) is 0 Å². The molecule has 3 rings (SSSR count). The second-order valence-electron chi connectivity index (χ2n) is 4.99. The molecule has 18 heavy (non-hydrogen) atoms. The predicted octanol–water partition coefficient (Wildman–Crippen LogP) is 2.89. The van der Waals surface area contributed by atoms with Crippen LogP contribution in [0, 0.1) is 0 Å². The molecule has 94 valence electrons. The molecule has 2 aromatic rings. The van der Waals surface area contributed by atoms with E-state index in [9.17, 15) is 5.11 Å². The summed E-state index contributed by atoms with van der Waals surface area (Å²) in [6.07, 6.45) is 4.61. The Kier molecular flexibility index (Phi) is 3.69. The van der Waals surface area contributed by atoms with Crippen LogP contribution in [-0.4, -0.2) is 26.2 Å². The summed E-state index contributed by atoms with van der Waals surface area (Å²) in [5, 5.41) is 12.8. The molecule has 0 spiro atoms. The second kappa shape index (κ2) is 5.44. The first-order valence-electron chi connectivity index (χ1n) is 6.67. The topological polar surface area (TPSA) is 20.2 Å². The summed E-state index contributed by atoms with van der Waals surface area (Å²) >= 11 is 0.390. The number of aliphatic hydroxyl groups is 1. The number of hydrogen-bond acceptors (Lipinski definition) is 1. The summed E-state index contributed by atoms with van der Waals surface area (Å²) in [7, 11) is 0. The Hall–Kier alpha value is -0.821. The molecule has 2 aromatic carbocycles. The fourth-order valence-electron chi connectivity index (χ4n) is 2.68. The van der Waals surface area contributed by atoms with E-state index in [2.05, 4.69) is 42.5 Å². The molecule has 0 unspecified atom stereocenters. The molecule has 0 radical (unpaired) electrons. The number of benzene rings is 2. The second-order valence-corrected chi connectivity index (χ2v) is 7.67. The Morgan fingerprint density at radius 1 is 0.944 bits per heavy atom. The van der Waals surface area contributed by atoms with Gasteiger partial charge in [-0.2, -0.15) is 0 Å². The van der Waals surface area contributed by atoms with Crippen LogP contribution < -0.4 is 4.46 Å². The Labute approximate surface area is 114 Å². The van der Waals surface area contributed by atoms with Crippen molar-refractivity contribution < 1.29 is 5.11 Å². The third-order valence-corrected chi connectivity index (χ3v) is 6.76. The fraction of sp³-hybridized carbons (Fsp3) is 0.375. The number of hydrogen-bond donors (Lipinski definition) is 1. The van der Waals surface area contributed by atoms with Gasteiger partial charge in [0.2, 0.25) is 0 Å². The van der Waals surface area contributed by atoms with Crippen molar-refractivity contribution in [2.24, 2.45) is 0 Å². The Balaban J connectivity index is 1.90. The third kappa shape index (κ3) is 2.47. The molecule has 2 heteroatoms. The zero-order valence-electron chi connectivity index (χ0n) is 10.4. The Morgan fingerprint density at radius 3 is 2.61 bits per heavy atom. The monoisotopic (exact) mass is 306 g/mol. The molecule has 2 atom stereocenters. The first kappa shape index (κ1) is 12.2. The van der Waals surface area contributed by atoms with Crippen LogP contribution in [0.3, 0.4) is 0 Å². The first-order chi connectivity index (χ1) is 8.84. The number of aliphatic hydroxyl groups excluding tert-OH is 1. The van der Waals surface area contributed by atoms with Crippen LogP contribution in [0.1, 0.15) is 25.7 Å². The molecule has 0 heterocycles. The SMILES string of the molecule is O[C@H]1CCCC[C@@H]1[Se]c1cccc2ccccc12. The van der Waals surface area contributed by atoms with Gasteiger partial charge in [0, 0.05) is 0 Å². The van der Waals surface area contributed by atoms with Gasteiger partial charge >= 0.3 is 114 Å². The summed E-state index contributed by atoms with van der Waals surface area (Å²) in [6, 6.07) is 15.1. The molecular weight excluding hydrogens is 287 g/mol. The molecule has 0 amide bonds. The van der Waals surface area contributed by atoms with E-state index in [4.69, 9.17) is 0 Å². The van der Waals surface area contributed by atoms with Crippen molar-refractivity contribution in [1.29, 1.82) is 0 Å². The van der Waals surface area contributed by atoms with Gasteiger partial charge < -0.3 is 0 Å². The van der Waals surface area contributed by atoms with E-state index >= 15 is 0 Å². The molecule has 1 fully saturated rings.